The second kappa shape index (κ2) is 6.41. The van der Waals surface area contributed by atoms with E-state index in [0.717, 1.165) is 12.8 Å². The molecule has 1 saturated heterocycles. The number of aliphatic carboxylic acids is 1. The van der Waals surface area contributed by atoms with Crippen LogP contribution in [0.15, 0.2) is 24.3 Å². The predicted molar refractivity (Wildman–Crippen MR) is 73.6 cm³/mol. The minimum Gasteiger partial charge on any atom is -0.508 e. The summed E-state index contributed by atoms with van der Waals surface area (Å²) in [6, 6.07) is 6.36. The lowest BCUT2D eigenvalue weighted by Gasteiger charge is -2.32. The van der Waals surface area contributed by atoms with E-state index in [9.17, 15) is 14.7 Å². The van der Waals surface area contributed by atoms with Crippen LogP contribution in [0.25, 0.3) is 0 Å². The third-order valence-electron chi connectivity index (χ3n) is 3.76. The first kappa shape index (κ1) is 14.4. The van der Waals surface area contributed by atoms with Crippen molar-refractivity contribution in [1.82, 2.24) is 4.90 Å². The molecule has 0 spiro atoms. The minimum absolute atomic E-state index is 0.0717. The van der Waals surface area contributed by atoms with Gasteiger partial charge in [0.05, 0.1) is 0 Å². The highest BCUT2D eigenvalue weighted by atomic mass is 16.4. The van der Waals surface area contributed by atoms with Crippen LogP contribution >= 0.6 is 0 Å². The van der Waals surface area contributed by atoms with Gasteiger partial charge in [-0.2, -0.15) is 0 Å². The van der Waals surface area contributed by atoms with E-state index in [1.54, 1.807) is 17.0 Å². The molecule has 0 aromatic heterocycles. The van der Waals surface area contributed by atoms with Crippen molar-refractivity contribution >= 4 is 11.9 Å². The number of carboxylic acids is 1. The number of nitrogens with zero attached hydrogens (tertiary/aromatic N) is 1. The summed E-state index contributed by atoms with van der Waals surface area (Å²) in [6.07, 6.45) is 2.57. The van der Waals surface area contributed by atoms with E-state index in [0.29, 0.717) is 31.0 Å². The van der Waals surface area contributed by atoms with Crippen molar-refractivity contribution in [3.8, 4) is 5.75 Å². The number of rotatable bonds is 4. The molecule has 108 valence electrons. The Morgan fingerprint density at radius 2 is 1.95 bits per heavy atom. The normalized spacial score (nSPS) is 16.1. The number of carboxylic acid groups (broad SMARTS) is 1. The average molecular weight is 277 g/mol. The van der Waals surface area contributed by atoms with Crippen LogP contribution in [0, 0.1) is 5.92 Å². The molecule has 1 aliphatic heterocycles. The molecule has 1 aliphatic rings. The monoisotopic (exact) mass is 277 g/mol. The van der Waals surface area contributed by atoms with Gasteiger partial charge in [0.15, 0.2) is 0 Å². The van der Waals surface area contributed by atoms with Crippen molar-refractivity contribution in [2.45, 2.75) is 25.7 Å². The highest BCUT2D eigenvalue weighted by Gasteiger charge is 2.24. The summed E-state index contributed by atoms with van der Waals surface area (Å²) in [4.78, 5) is 24.6. The Bertz CT molecular complexity index is 492. The highest BCUT2D eigenvalue weighted by molar-refractivity contribution is 5.94. The number of likely N-dealkylation sites (tertiary alicyclic amines) is 1. The number of piperidine rings is 1. The first-order chi connectivity index (χ1) is 9.56. The van der Waals surface area contributed by atoms with Gasteiger partial charge < -0.3 is 15.1 Å². The Kier molecular flexibility index (Phi) is 4.61. The summed E-state index contributed by atoms with van der Waals surface area (Å²) >= 11 is 0. The van der Waals surface area contributed by atoms with E-state index < -0.39 is 5.97 Å². The summed E-state index contributed by atoms with van der Waals surface area (Å²) < 4.78 is 0. The fraction of sp³-hybridized carbons (Fsp3) is 0.467. The number of amides is 1. The molecule has 0 saturated carbocycles. The molecule has 20 heavy (non-hydrogen) atoms. The summed E-state index contributed by atoms with van der Waals surface area (Å²) in [6.45, 7) is 1.30. The van der Waals surface area contributed by atoms with Gasteiger partial charge in [0.1, 0.15) is 5.75 Å². The van der Waals surface area contributed by atoms with Gasteiger partial charge in [-0.15, -0.1) is 0 Å². The van der Waals surface area contributed by atoms with Crippen LogP contribution in [0.2, 0.25) is 0 Å². The molecule has 0 radical (unpaired) electrons. The van der Waals surface area contributed by atoms with E-state index in [1.807, 2.05) is 0 Å². The fourth-order valence-corrected chi connectivity index (χ4v) is 2.57. The van der Waals surface area contributed by atoms with Gasteiger partial charge in [0.2, 0.25) is 0 Å². The Labute approximate surface area is 117 Å². The molecule has 1 fully saturated rings. The van der Waals surface area contributed by atoms with Gasteiger partial charge in [-0.3, -0.25) is 9.59 Å². The van der Waals surface area contributed by atoms with Crippen molar-refractivity contribution in [1.29, 1.82) is 0 Å². The Morgan fingerprint density at radius 1 is 1.25 bits per heavy atom. The number of carbonyl (C=O) groups is 2. The molecule has 1 aromatic rings. The van der Waals surface area contributed by atoms with Crippen molar-refractivity contribution in [3.63, 3.8) is 0 Å². The average Bonchev–Trinajstić information content (AvgIpc) is 2.45. The number of hydrogen-bond donors (Lipinski definition) is 2. The third-order valence-corrected chi connectivity index (χ3v) is 3.76. The molecule has 0 atom stereocenters. The number of phenols is 1. The number of benzene rings is 1. The Hall–Kier alpha value is -2.04. The van der Waals surface area contributed by atoms with E-state index in [1.165, 1.54) is 12.1 Å². The quantitative estimate of drug-likeness (QED) is 0.883. The molecule has 0 bridgehead atoms. The Balaban J connectivity index is 1.87. The van der Waals surface area contributed by atoms with Crippen LogP contribution in [0.5, 0.6) is 5.75 Å². The van der Waals surface area contributed by atoms with Crippen LogP contribution in [0.1, 0.15) is 36.0 Å². The topological polar surface area (TPSA) is 77.8 Å². The smallest absolute Gasteiger partial charge is 0.303 e. The summed E-state index contributed by atoms with van der Waals surface area (Å²) in [5.41, 5.74) is 0.494. The molecule has 1 amide bonds. The summed E-state index contributed by atoms with van der Waals surface area (Å²) in [5, 5.41) is 18.1. The first-order valence-corrected chi connectivity index (χ1v) is 6.86. The molecular weight excluding hydrogens is 258 g/mol. The SMILES string of the molecule is O=C(O)CCC1CCN(C(=O)c2cccc(O)c2)CC1. The zero-order valence-electron chi connectivity index (χ0n) is 11.3. The molecule has 0 aliphatic carbocycles. The maximum atomic E-state index is 12.2. The fourth-order valence-electron chi connectivity index (χ4n) is 2.57. The maximum absolute atomic E-state index is 12.2. The van der Waals surface area contributed by atoms with Gasteiger partial charge in [-0.25, -0.2) is 0 Å². The van der Waals surface area contributed by atoms with Gasteiger partial charge in [-0.05, 0) is 43.4 Å². The van der Waals surface area contributed by atoms with Crippen molar-refractivity contribution in [2.75, 3.05) is 13.1 Å². The van der Waals surface area contributed by atoms with E-state index in [-0.39, 0.29) is 18.1 Å². The van der Waals surface area contributed by atoms with Gasteiger partial charge in [0.25, 0.3) is 5.91 Å². The van der Waals surface area contributed by atoms with E-state index in [4.69, 9.17) is 5.11 Å². The lowest BCUT2D eigenvalue weighted by Crippen LogP contribution is -2.38. The number of aromatic hydroxyl groups is 1. The Morgan fingerprint density at radius 3 is 2.55 bits per heavy atom. The van der Waals surface area contributed by atoms with Crippen LogP contribution in [0.4, 0.5) is 0 Å². The van der Waals surface area contributed by atoms with Crippen LogP contribution < -0.4 is 0 Å². The summed E-state index contributed by atoms with van der Waals surface area (Å²) in [5.74, 6) is -0.354. The maximum Gasteiger partial charge on any atom is 0.303 e. The zero-order chi connectivity index (χ0) is 14.5. The van der Waals surface area contributed by atoms with Gasteiger partial charge in [0, 0.05) is 25.1 Å². The van der Waals surface area contributed by atoms with Crippen LogP contribution in [-0.4, -0.2) is 40.1 Å². The molecule has 1 aromatic carbocycles. The van der Waals surface area contributed by atoms with Gasteiger partial charge >= 0.3 is 5.97 Å². The number of hydrogen-bond acceptors (Lipinski definition) is 3. The number of carbonyl (C=O) groups excluding carboxylic acids is 1. The third kappa shape index (κ3) is 3.73. The predicted octanol–water partition coefficient (Wildman–Crippen LogP) is 2.11. The molecule has 2 rings (SSSR count). The van der Waals surface area contributed by atoms with E-state index >= 15 is 0 Å². The van der Waals surface area contributed by atoms with Crippen molar-refractivity contribution < 1.29 is 19.8 Å². The lowest BCUT2D eigenvalue weighted by molar-refractivity contribution is -0.137. The second-order valence-electron chi connectivity index (χ2n) is 5.22. The second-order valence-corrected chi connectivity index (χ2v) is 5.22. The molecule has 5 nitrogen and oxygen atoms in total. The molecular formula is C15H19NO4. The van der Waals surface area contributed by atoms with Crippen molar-refractivity contribution in [2.24, 2.45) is 5.92 Å². The molecule has 0 unspecified atom stereocenters. The van der Waals surface area contributed by atoms with Crippen LogP contribution in [-0.2, 0) is 4.79 Å². The zero-order valence-corrected chi connectivity index (χ0v) is 11.3. The van der Waals surface area contributed by atoms with Crippen molar-refractivity contribution in [3.05, 3.63) is 29.8 Å². The standard InChI is InChI=1S/C15H19NO4/c17-13-3-1-2-12(10-13)15(20)16-8-6-11(7-9-16)4-5-14(18)19/h1-3,10-11,17H,4-9H2,(H,18,19). The van der Waals surface area contributed by atoms with Crippen LogP contribution in [0.3, 0.4) is 0 Å². The van der Waals surface area contributed by atoms with E-state index in [2.05, 4.69) is 0 Å². The first-order valence-electron chi connectivity index (χ1n) is 6.86. The largest absolute Gasteiger partial charge is 0.508 e. The lowest BCUT2D eigenvalue weighted by atomic mass is 9.92. The highest BCUT2D eigenvalue weighted by Crippen LogP contribution is 2.23. The molecule has 5 heteroatoms. The molecule has 2 N–H and O–H groups in total. The molecule has 1 heterocycles. The summed E-state index contributed by atoms with van der Waals surface area (Å²) in [7, 11) is 0. The van der Waals surface area contributed by atoms with Gasteiger partial charge in [-0.1, -0.05) is 6.07 Å². The minimum atomic E-state index is -0.761. The number of phenolic OH excluding ortho intramolecular Hbond substituents is 1.